The van der Waals surface area contributed by atoms with Crippen molar-refractivity contribution >= 4 is 6.15 Å². The molecule has 0 saturated carbocycles. The Kier molecular flexibility index (Phi) is 24.0. The first-order valence-corrected chi connectivity index (χ1v) is 14.9. The van der Waals surface area contributed by atoms with E-state index < -0.39 is 6.15 Å². The third-order valence-electron chi connectivity index (χ3n) is 7.39. The van der Waals surface area contributed by atoms with Crippen LogP contribution >= 0.6 is 0 Å². The molecule has 0 spiro atoms. The first-order chi connectivity index (χ1) is 15.2. The van der Waals surface area contributed by atoms with Gasteiger partial charge >= 0.3 is 0 Å². The van der Waals surface area contributed by atoms with Crippen LogP contribution in [-0.2, 0) is 0 Å². The number of hydrogen-bond acceptors (Lipinski definition) is 0. The molecule has 1 heteroatoms. The van der Waals surface area contributed by atoms with Crippen molar-refractivity contribution in [3.05, 3.63) is 0 Å². The van der Waals surface area contributed by atoms with Crippen LogP contribution in [0.15, 0.2) is 0 Å². The maximum absolute atomic E-state index is 3.99. The van der Waals surface area contributed by atoms with E-state index in [0.29, 0.717) is 0 Å². The highest BCUT2D eigenvalue weighted by Gasteiger charge is 2.21. The molecule has 0 aliphatic carbocycles. The van der Waals surface area contributed by atoms with Crippen molar-refractivity contribution in [2.45, 2.75) is 181 Å². The van der Waals surface area contributed by atoms with Gasteiger partial charge in [-0.05, 0) is 6.42 Å². The second-order valence-electron chi connectivity index (χ2n) is 10.6. The summed E-state index contributed by atoms with van der Waals surface area (Å²) in [7, 11) is 0. The van der Waals surface area contributed by atoms with Crippen LogP contribution in [0.1, 0.15) is 163 Å². The minimum atomic E-state index is -0.455. The fourth-order valence-electron chi connectivity index (χ4n) is 5.15. The first kappa shape index (κ1) is 30.6. The lowest BCUT2D eigenvalue weighted by Gasteiger charge is -2.35. The lowest BCUT2D eigenvalue weighted by molar-refractivity contribution is 0.608. The van der Waals surface area contributed by atoms with Crippen molar-refractivity contribution in [2.24, 2.45) is 0 Å². The molecule has 0 atom stereocenters. The highest BCUT2D eigenvalue weighted by Crippen LogP contribution is 2.30. The fourth-order valence-corrected chi connectivity index (χ4v) is 5.15. The summed E-state index contributed by atoms with van der Waals surface area (Å²) in [6.07, 6.45) is 33.1. The minimum absolute atomic E-state index is 0.455. The smallest absolute Gasteiger partial charge is 0.0708 e. The van der Waals surface area contributed by atoms with Crippen LogP contribution in [0.2, 0.25) is 19.0 Å². The van der Waals surface area contributed by atoms with E-state index >= 15 is 0 Å². The molecule has 0 aromatic heterocycles. The Hall–Kier alpha value is -0.375. The molecule has 0 aliphatic heterocycles. The standard InChI is InChI=1S/C30H60B/c1-5-9-13-17-20-24-28-31(27-23-16-12-8-4,29-25-21-18-14-10-6-2)30-26-22-19-15-11-7-3/h5-22,24-26,28-30H2,1-4H3/q-1. The van der Waals surface area contributed by atoms with E-state index in [-0.39, 0.29) is 0 Å². The van der Waals surface area contributed by atoms with Gasteiger partial charge in [-0.25, -0.2) is 0 Å². The SMILES string of the molecule is CCCCC#C[B-](CCCCCCCC)(CCCCCCCC)CCCCCCCC. The third-order valence-corrected chi connectivity index (χ3v) is 7.39. The maximum atomic E-state index is 3.99. The van der Waals surface area contributed by atoms with Gasteiger partial charge in [0.1, 0.15) is 0 Å². The Morgan fingerprint density at radius 2 is 0.710 bits per heavy atom. The normalized spacial score (nSPS) is 11.5. The molecular formula is C30H60B-. The van der Waals surface area contributed by atoms with Gasteiger partial charge in [0.15, 0.2) is 0 Å². The van der Waals surface area contributed by atoms with Crippen LogP contribution in [0.5, 0.6) is 0 Å². The van der Waals surface area contributed by atoms with Crippen LogP contribution in [0.4, 0.5) is 0 Å². The van der Waals surface area contributed by atoms with Gasteiger partial charge in [0.2, 0.25) is 0 Å². The molecule has 0 fully saturated rings. The molecule has 0 N–H and O–H groups in total. The lowest BCUT2D eigenvalue weighted by Crippen LogP contribution is -2.32. The molecule has 0 rings (SSSR count). The maximum Gasteiger partial charge on any atom is 0.0708 e. The quantitative estimate of drug-likeness (QED) is 0.0857. The molecule has 0 amide bonds. The molecule has 0 aromatic rings. The predicted molar refractivity (Wildman–Crippen MR) is 148 cm³/mol. The third kappa shape index (κ3) is 20.0. The first-order valence-electron chi connectivity index (χ1n) is 14.9. The Bertz CT molecular complexity index is 362. The van der Waals surface area contributed by atoms with E-state index in [1.54, 1.807) is 0 Å². The second-order valence-corrected chi connectivity index (χ2v) is 10.6. The molecular weight excluding hydrogens is 371 g/mol. The summed E-state index contributed by atoms with van der Waals surface area (Å²) in [4.78, 5) is 0. The summed E-state index contributed by atoms with van der Waals surface area (Å²) in [5.41, 5.74) is 0. The van der Waals surface area contributed by atoms with Gasteiger partial charge in [-0.15, -0.1) is 0 Å². The van der Waals surface area contributed by atoms with Crippen LogP contribution in [0, 0.1) is 11.7 Å². The summed E-state index contributed by atoms with van der Waals surface area (Å²) in [6, 6.07) is 0. The fraction of sp³-hybridized carbons (Fsp3) is 0.933. The zero-order valence-corrected chi connectivity index (χ0v) is 22.5. The van der Waals surface area contributed by atoms with Gasteiger partial charge < -0.3 is 5.82 Å². The van der Waals surface area contributed by atoms with Crippen molar-refractivity contribution in [2.75, 3.05) is 0 Å². The van der Waals surface area contributed by atoms with E-state index in [1.165, 1.54) is 147 Å². The molecule has 0 aromatic carbocycles. The van der Waals surface area contributed by atoms with E-state index in [1.807, 2.05) is 0 Å². The Morgan fingerprint density at radius 1 is 0.387 bits per heavy atom. The number of unbranched alkanes of at least 4 members (excludes halogenated alkanes) is 17. The molecule has 0 radical (unpaired) electrons. The molecule has 184 valence electrons. The van der Waals surface area contributed by atoms with Gasteiger partial charge in [0.05, 0.1) is 6.15 Å². The van der Waals surface area contributed by atoms with Gasteiger partial charge in [-0.1, -0.05) is 150 Å². The zero-order valence-electron chi connectivity index (χ0n) is 22.5. The van der Waals surface area contributed by atoms with Crippen LogP contribution < -0.4 is 0 Å². The van der Waals surface area contributed by atoms with Gasteiger partial charge in [-0.3, -0.25) is 0 Å². The van der Waals surface area contributed by atoms with Crippen molar-refractivity contribution in [1.29, 1.82) is 0 Å². The highest BCUT2D eigenvalue weighted by atomic mass is 14.0. The molecule has 0 bridgehead atoms. The van der Waals surface area contributed by atoms with Crippen molar-refractivity contribution in [3.8, 4) is 11.7 Å². The van der Waals surface area contributed by atoms with Gasteiger partial charge in [0, 0.05) is 6.42 Å². The molecule has 0 saturated heterocycles. The van der Waals surface area contributed by atoms with E-state index in [9.17, 15) is 0 Å². The van der Waals surface area contributed by atoms with E-state index in [4.69, 9.17) is 0 Å². The lowest BCUT2D eigenvalue weighted by atomic mass is 9.19. The van der Waals surface area contributed by atoms with Gasteiger partial charge in [-0.2, -0.15) is 24.9 Å². The predicted octanol–water partition coefficient (Wildman–Crippen LogP) is 11.2. The average molecular weight is 432 g/mol. The largest absolute Gasteiger partial charge is 0.315 e. The monoisotopic (exact) mass is 431 g/mol. The van der Waals surface area contributed by atoms with E-state index in [2.05, 4.69) is 39.4 Å². The summed E-state index contributed by atoms with van der Waals surface area (Å²) < 4.78 is 0. The molecule has 31 heavy (non-hydrogen) atoms. The van der Waals surface area contributed by atoms with Crippen molar-refractivity contribution in [3.63, 3.8) is 0 Å². The van der Waals surface area contributed by atoms with Crippen LogP contribution in [0.25, 0.3) is 0 Å². The van der Waals surface area contributed by atoms with Gasteiger partial charge in [0.25, 0.3) is 0 Å². The molecule has 0 nitrogen and oxygen atoms in total. The summed E-state index contributed by atoms with van der Waals surface area (Å²) in [6.45, 7) is 9.26. The molecule has 0 unspecified atom stereocenters. The minimum Gasteiger partial charge on any atom is -0.315 e. The highest BCUT2D eigenvalue weighted by molar-refractivity contribution is 6.87. The molecule has 0 heterocycles. The van der Waals surface area contributed by atoms with Crippen LogP contribution in [0.3, 0.4) is 0 Å². The Morgan fingerprint density at radius 3 is 1.06 bits per heavy atom. The van der Waals surface area contributed by atoms with Crippen molar-refractivity contribution < 1.29 is 0 Å². The Balaban J connectivity index is 4.82. The second kappa shape index (κ2) is 24.3. The van der Waals surface area contributed by atoms with Crippen LogP contribution in [-0.4, -0.2) is 6.15 Å². The Labute approximate surface area is 199 Å². The summed E-state index contributed by atoms with van der Waals surface area (Å²) in [5, 5.41) is 0. The number of rotatable bonds is 23. The number of hydrogen-bond donors (Lipinski definition) is 0. The zero-order chi connectivity index (χ0) is 22.9. The molecule has 0 aliphatic rings. The topological polar surface area (TPSA) is 0 Å². The van der Waals surface area contributed by atoms with E-state index in [0.717, 1.165) is 6.42 Å². The average Bonchev–Trinajstić information content (AvgIpc) is 2.78. The summed E-state index contributed by atoms with van der Waals surface area (Å²) >= 11 is 0. The summed E-state index contributed by atoms with van der Waals surface area (Å²) in [5.74, 6) is 7.68. The van der Waals surface area contributed by atoms with Crippen molar-refractivity contribution in [1.82, 2.24) is 0 Å².